The van der Waals surface area contributed by atoms with E-state index in [-0.39, 0.29) is 26.2 Å². The molecule has 148 valence electrons. The monoisotopic (exact) mass is 369 g/mol. The lowest BCUT2D eigenvalue weighted by molar-refractivity contribution is -0.147. The third-order valence-electron chi connectivity index (χ3n) is 2.85. The second kappa shape index (κ2) is 13.1. The third kappa shape index (κ3) is 12.3. The van der Waals surface area contributed by atoms with E-state index in [9.17, 15) is 9.59 Å². The number of nitrogens with one attached hydrogen (secondary N) is 1. The van der Waals surface area contributed by atoms with E-state index in [1.54, 1.807) is 27.7 Å². The first-order valence-electron chi connectivity index (χ1n) is 8.65. The molecule has 0 bridgehead atoms. The van der Waals surface area contributed by atoms with Crippen molar-refractivity contribution < 1.29 is 29.3 Å². The van der Waals surface area contributed by atoms with Crippen LogP contribution in [0.5, 0.6) is 0 Å². The number of aliphatic hydroxyl groups is 2. The van der Waals surface area contributed by atoms with Crippen LogP contribution in [0.3, 0.4) is 0 Å². The van der Waals surface area contributed by atoms with Crippen LogP contribution in [-0.2, 0) is 20.9 Å². The Hall–Kier alpha value is -2.12. The normalized spacial score (nSPS) is 11.6. The summed E-state index contributed by atoms with van der Waals surface area (Å²) in [5.41, 5.74) is 0.207. The molecule has 0 aromatic heterocycles. The molecule has 0 aliphatic rings. The lowest BCUT2D eigenvalue weighted by Crippen LogP contribution is -2.44. The van der Waals surface area contributed by atoms with Gasteiger partial charge in [-0.3, -0.25) is 0 Å². The fraction of sp³-hybridized carbons (Fsp3) is 0.579. The predicted octanol–water partition coefficient (Wildman–Crippen LogP) is 2.39. The number of aliphatic hydroxyl groups excluding tert-OH is 2. The first kappa shape index (κ1) is 23.9. The van der Waals surface area contributed by atoms with Gasteiger partial charge in [0.15, 0.2) is 0 Å². The molecule has 3 N–H and O–H groups in total. The summed E-state index contributed by atoms with van der Waals surface area (Å²) < 4.78 is 10.4. The van der Waals surface area contributed by atoms with Crippen LogP contribution in [0.2, 0.25) is 0 Å². The first-order chi connectivity index (χ1) is 12.2. The molecule has 1 unspecified atom stereocenters. The van der Waals surface area contributed by atoms with Crippen LogP contribution >= 0.6 is 0 Å². The van der Waals surface area contributed by atoms with E-state index in [4.69, 9.17) is 19.7 Å². The Balaban J connectivity index is 0.00000194. The van der Waals surface area contributed by atoms with Crippen LogP contribution in [0.4, 0.5) is 4.79 Å². The van der Waals surface area contributed by atoms with Crippen LogP contribution in [0.15, 0.2) is 30.3 Å². The molecular weight excluding hydrogens is 338 g/mol. The third-order valence-corrected chi connectivity index (χ3v) is 2.85. The van der Waals surface area contributed by atoms with Gasteiger partial charge < -0.3 is 25.0 Å². The molecule has 1 amide bonds. The lowest BCUT2D eigenvalue weighted by Gasteiger charge is -2.22. The predicted molar refractivity (Wildman–Crippen MR) is 98.5 cm³/mol. The van der Waals surface area contributed by atoms with Gasteiger partial charge in [-0.2, -0.15) is 0 Å². The van der Waals surface area contributed by atoms with Crippen molar-refractivity contribution >= 4 is 12.1 Å². The molecule has 7 heteroatoms. The summed E-state index contributed by atoms with van der Waals surface area (Å²) in [6, 6.07) is 8.42. The molecule has 7 nitrogen and oxygen atoms in total. The summed E-state index contributed by atoms with van der Waals surface area (Å²) in [5.74, 6) is -0.548. The Kier molecular flexibility index (Phi) is 12.1. The maximum atomic E-state index is 12.1. The van der Waals surface area contributed by atoms with Crippen molar-refractivity contribution in [2.24, 2.45) is 0 Å². The molecule has 0 heterocycles. The van der Waals surface area contributed by atoms with Gasteiger partial charge in [-0.15, -0.1) is 0 Å². The van der Waals surface area contributed by atoms with Crippen LogP contribution in [0, 0.1) is 0 Å². The van der Waals surface area contributed by atoms with Gasteiger partial charge >= 0.3 is 12.1 Å². The number of esters is 1. The highest BCUT2D eigenvalue weighted by Gasteiger charge is 2.25. The van der Waals surface area contributed by atoms with Gasteiger partial charge in [-0.1, -0.05) is 30.3 Å². The highest BCUT2D eigenvalue weighted by Crippen LogP contribution is 2.09. The van der Waals surface area contributed by atoms with Gasteiger partial charge in [0, 0.05) is 13.2 Å². The quantitative estimate of drug-likeness (QED) is 0.638. The molecule has 26 heavy (non-hydrogen) atoms. The summed E-state index contributed by atoms with van der Waals surface area (Å²) in [5, 5.41) is 19.0. The number of carbonyl (C=O) groups excluding carboxylic acids is 2. The summed E-state index contributed by atoms with van der Waals surface area (Å²) >= 11 is 0. The van der Waals surface area contributed by atoms with Gasteiger partial charge in [0.25, 0.3) is 0 Å². The second-order valence-electron chi connectivity index (χ2n) is 6.47. The number of alkyl carbamates (subject to hydrolysis) is 1. The van der Waals surface area contributed by atoms with Gasteiger partial charge in [-0.25, -0.2) is 9.59 Å². The highest BCUT2D eigenvalue weighted by molar-refractivity contribution is 5.81. The summed E-state index contributed by atoms with van der Waals surface area (Å²) in [4.78, 5) is 24.0. The van der Waals surface area contributed by atoms with Crippen molar-refractivity contribution in [3.05, 3.63) is 35.9 Å². The Morgan fingerprint density at radius 2 is 1.73 bits per heavy atom. The number of hydrogen-bond acceptors (Lipinski definition) is 6. The average molecular weight is 369 g/mol. The fourth-order valence-electron chi connectivity index (χ4n) is 1.82. The number of amides is 1. The standard InChI is InChI=1S/C17H25NO5.C2H6O/c1-17(2,3)23-16(21)18-14(10-7-11-19)15(20)22-12-13-8-5-4-6-9-13;1-2-3/h4-6,8-9,14,19H,7,10-12H2,1-3H3,(H,18,21);3H,2H2,1H3. The van der Waals surface area contributed by atoms with E-state index in [2.05, 4.69) is 5.32 Å². The molecule has 0 aliphatic heterocycles. The molecule has 1 aromatic rings. The van der Waals surface area contributed by atoms with E-state index in [0.29, 0.717) is 6.42 Å². The number of hydrogen-bond donors (Lipinski definition) is 3. The maximum Gasteiger partial charge on any atom is 0.408 e. The molecular formula is C19H31NO6. The highest BCUT2D eigenvalue weighted by atomic mass is 16.6. The van der Waals surface area contributed by atoms with Crippen molar-refractivity contribution in [2.75, 3.05) is 13.2 Å². The molecule has 0 saturated heterocycles. The maximum absolute atomic E-state index is 12.1. The van der Waals surface area contributed by atoms with E-state index in [1.165, 1.54) is 0 Å². The molecule has 0 aliphatic carbocycles. The zero-order chi connectivity index (χ0) is 20.0. The summed E-state index contributed by atoms with van der Waals surface area (Å²) in [7, 11) is 0. The van der Waals surface area contributed by atoms with E-state index in [0.717, 1.165) is 5.56 Å². The SMILES string of the molecule is CC(C)(C)OC(=O)NC(CCCO)C(=O)OCc1ccccc1.CCO. The molecule has 0 spiro atoms. The molecule has 0 radical (unpaired) electrons. The zero-order valence-electron chi connectivity index (χ0n) is 16.0. The van der Waals surface area contributed by atoms with Crippen molar-refractivity contribution in [1.82, 2.24) is 5.32 Å². The zero-order valence-corrected chi connectivity index (χ0v) is 16.0. The Bertz CT molecular complexity index is 513. The summed E-state index contributed by atoms with van der Waals surface area (Å²) in [6.07, 6.45) is -0.0262. The first-order valence-corrected chi connectivity index (χ1v) is 8.65. The summed E-state index contributed by atoms with van der Waals surface area (Å²) in [6.45, 7) is 7.21. The van der Waals surface area contributed by atoms with Gasteiger partial charge in [0.2, 0.25) is 0 Å². The number of ether oxygens (including phenoxy) is 2. The van der Waals surface area contributed by atoms with Crippen LogP contribution in [0.1, 0.15) is 46.1 Å². The van der Waals surface area contributed by atoms with Gasteiger partial charge in [0.05, 0.1) is 0 Å². The van der Waals surface area contributed by atoms with E-state index in [1.807, 2.05) is 30.3 Å². The molecule has 1 rings (SSSR count). The van der Waals surface area contributed by atoms with E-state index >= 15 is 0 Å². The smallest absolute Gasteiger partial charge is 0.408 e. The Morgan fingerprint density at radius 3 is 2.23 bits per heavy atom. The molecule has 1 aromatic carbocycles. The van der Waals surface area contributed by atoms with Crippen LogP contribution in [0.25, 0.3) is 0 Å². The molecule has 0 saturated carbocycles. The van der Waals surface area contributed by atoms with Gasteiger partial charge in [0.1, 0.15) is 18.2 Å². The molecule has 0 fully saturated rings. The number of rotatable bonds is 7. The van der Waals surface area contributed by atoms with Crippen LogP contribution < -0.4 is 5.32 Å². The van der Waals surface area contributed by atoms with Crippen molar-refractivity contribution in [3.8, 4) is 0 Å². The van der Waals surface area contributed by atoms with Crippen molar-refractivity contribution in [3.63, 3.8) is 0 Å². The average Bonchev–Trinajstić information content (AvgIpc) is 2.56. The fourth-order valence-corrected chi connectivity index (χ4v) is 1.82. The lowest BCUT2D eigenvalue weighted by atomic mass is 10.1. The largest absolute Gasteiger partial charge is 0.459 e. The minimum Gasteiger partial charge on any atom is -0.459 e. The minimum atomic E-state index is -0.847. The van der Waals surface area contributed by atoms with Gasteiger partial charge in [-0.05, 0) is 46.1 Å². The van der Waals surface area contributed by atoms with Crippen molar-refractivity contribution in [1.29, 1.82) is 0 Å². The second-order valence-corrected chi connectivity index (χ2v) is 6.47. The Labute approximate surface area is 155 Å². The van der Waals surface area contributed by atoms with Crippen LogP contribution in [-0.4, -0.2) is 47.1 Å². The number of carbonyl (C=O) groups is 2. The Morgan fingerprint density at radius 1 is 1.15 bits per heavy atom. The van der Waals surface area contributed by atoms with E-state index < -0.39 is 23.7 Å². The number of benzene rings is 1. The molecule has 1 atom stereocenters. The van der Waals surface area contributed by atoms with Crippen molar-refractivity contribution in [2.45, 2.75) is 58.8 Å². The topological polar surface area (TPSA) is 105 Å². The minimum absolute atomic E-state index is 0.0710.